The van der Waals surface area contributed by atoms with Gasteiger partial charge >= 0.3 is 0 Å². The summed E-state index contributed by atoms with van der Waals surface area (Å²) in [6.45, 7) is 5.41. The zero-order chi connectivity index (χ0) is 22.8. The molecule has 0 bridgehead atoms. The van der Waals surface area contributed by atoms with Crippen LogP contribution in [0.5, 0.6) is 0 Å². The molecule has 0 amide bonds. The van der Waals surface area contributed by atoms with Gasteiger partial charge in [-0.05, 0) is 86.4 Å². The normalized spacial score (nSPS) is 18.6. The second kappa shape index (κ2) is 13.9. The first-order valence-electron chi connectivity index (χ1n) is 10.8. The maximum Gasteiger partial charge on any atom is 0.0595 e. The fourth-order valence-electron chi connectivity index (χ4n) is 3.99. The Balaban J connectivity index is 0.00000107. The van der Waals surface area contributed by atoms with Gasteiger partial charge in [0.15, 0.2) is 0 Å². The highest BCUT2D eigenvalue weighted by molar-refractivity contribution is 6.42. The van der Waals surface area contributed by atoms with Crippen molar-refractivity contribution in [3.05, 3.63) is 67.6 Å². The Kier molecular flexibility index (Phi) is 12.0. The highest BCUT2D eigenvalue weighted by Gasteiger charge is 2.22. The van der Waals surface area contributed by atoms with E-state index in [1.165, 1.54) is 25.7 Å². The van der Waals surface area contributed by atoms with Crippen LogP contribution >= 0.6 is 46.4 Å². The molecule has 0 aliphatic heterocycles. The lowest BCUT2D eigenvalue weighted by Crippen LogP contribution is -2.32. The van der Waals surface area contributed by atoms with Crippen LogP contribution in [0.25, 0.3) is 0 Å². The van der Waals surface area contributed by atoms with Crippen molar-refractivity contribution in [1.29, 1.82) is 0 Å². The van der Waals surface area contributed by atoms with Gasteiger partial charge in [-0.3, -0.25) is 4.90 Å². The van der Waals surface area contributed by atoms with E-state index in [2.05, 4.69) is 4.90 Å². The van der Waals surface area contributed by atoms with Gasteiger partial charge in [0, 0.05) is 26.2 Å². The van der Waals surface area contributed by atoms with Crippen molar-refractivity contribution in [2.45, 2.75) is 45.7 Å². The topological polar surface area (TPSA) is 49.5 Å². The smallest absolute Gasteiger partial charge is 0.0595 e. The zero-order valence-electron chi connectivity index (χ0n) is 18.0. The summed E-state index contributed by atoms with van der Waals surface area (Å²) in [6.07, 6.45) is 4.94. The molecule has 3 nitrogen and oxygen atoms in total. The first-order chi connectivity index (χ1) is 14.9. The molecule has 0 atom stereocenters. The average molecular weight is 506 g/mol. The second-order valence-electron chi connectivity index (χ2n) is 8.11. The predicted octanol–water partition coefficient (Wildman–Crippen LogP) is 7.07. The predicted molar refractivity (Wildman–Crippen MR) is 134 cm³/mol. The maximum absolute atomic E-state index is 7.57. The third-order valence-corrected chi connectivity index (χ3v) is 7.07. The number of rotatable bonds is 7. The van der Waals surface area contributed by atoms with Gasteiger partial charge in [0.25, 0.3) is 0 Å². The molecule has 3 rings (SSSR count). The molecular weight excluding hydrogens is 474 g/mol. The maximum atomic E-state index is 7.57. The molecule has 2 aromatic carbocycles. The minimum absolute atomic E-state index is 0.250. The molecule has 1 aliphatic carbocycles. The first-order valence-corrected chi connectivity index (χ1v) is 12.3. The molecule has 0 unspecified atom stereocenters. The van der Waals surface area contributed by atoms with Crippen LogP contribution in [0.15, 0.2) is 36.4 Å². The van der Waals surface area contributed by atoms with Gasteiger partial charge in [-0.1, -0.05) is 58.5 Å². The lowest BCUT2D eigenvalue weighted by atomic mass is 9.82. The summed E-state index contributed by atoms with van der Waals surface area (Å²) in [7, 11) is 0. The van der Waals surface area contributed by atoms with Crippen molar-refractivity contribution in [3.8, 4) is 0 Å². The molecule has 31 heavy (non-hydrogen) atoms. The Bertz CT molecular complexity index is 757. The molecule has 3 N–H and O–H groups in total. The Hall–Kier alpha value is -0.520. The fourth-order valence-corrected chi connectivity index (χ4v) is 4.63. The Morgan fingerprint density at radius 3 is 1.61 bits per heavy atom. The lowest BCUT2D eigenvalue weighted by Gasteiger charge is -2.32. The van der Waals surface area contributed by atoms with Gasteiger partial charge in [0.2, 0.25) is 0 Å². The largest absolute Gasteiger partial charge is 0.397 e. The quantitative estimate of drug-likeness (QED) is 0.423. The molecule has 1 aliphatic rings. The van der Waals surface area contributed by atoms with E-state index in [1.807, 2.05) is 36.4 Å². The van der Waals surface area contributed by atoms with Crippen LogP contribution in [0.1, 0.15) is 43.7 Å². The number of aliphatic hydroxyl groups excluding tert-OH is 1. The first kappa shape index (κ1) is 26.7. The fraction of sp³-hybridized carbons (Fsp3) is 0.500. The third-order valence-electron chi connectivity index (χ3n) is 5.60. The van der Waals surface area contributed by atoms with Gasteiger partial charge in [-0.2, -0.15) is 0 Å². The van der Waals surface area contributed by atoms with E-state index in [0.29, 0.717) is 31.9 Å². The van der Waals surface area contributed by atoms with Crippen LogP contribution in [0.3, 0.4) is 0 Å². The molecule has 0 saturated heterocycles. The summed E-state index contributed by atoms with van der Waals surface area (Å²) in [5, 5.41) is 9.93. The lowest BCUT2D eigenvalue weighted by molar-refractivity contribution is 0.170. The molecule has 7 heteroatoms. The van der Waals surface area contributed by atoms with Crippen molar-refractivity contribution in [3.63, 3.8) is 0 Å². The van der Waals surface area contributed by atoms with Crippen LogP contribution in [0.2, 0.25) is 20.1 Å². The monoisotopic (exact) mass is 504 g/mol. The van der Waals surface area contributed by atoms with Crippen LogP contribution in [0, 0.1) is 11.8 Å². The van der Waals surface area contributed by atoms with E-state index in [4.69, 9.17) is 57.2 Å². The van der Waals surface area contributed by atoms with E-state index in [0.717, 1.165) is 37.3 Å². The minimum Gasteiger partial charge on any atom is -0.397 e. The number of aliphatic hydroxyl groups is 1. The standard InChI is InChI=1S/C22H26Cl4N2.C2H6O/c23-19-7-5-17(9-21(19)25)13-28(12-16-3-1-15(11-27)2-4-16)14-18-6-8-20(24)22(26)10-18;1-2-3/h5-10,15-16H,1-4,11-14,27H2;3H,2H2,1H3. The van der Waals surface area contributed by atoms with Crippen molar-refractivity contribution in [2.24, 2.45) is 17.6 Å². The minimum atomic E-state index is 0.250. The number of hydrogen-bond acceptors (Lipinski definition) is 3. The molecule has 0 spiro atoms. The SMILES string of the molecule is CCO.NCC1CCC(CN(Cc2ccc(Cl)c(Cl)c2)Cc2ccc(Cl)c(Cl)c2)CC1. The second-order valence-corrected chi connectivity index (χ2v) is 9.73. The van der Waals surface area contributed by atoms with Crippen molar-refractivity contribution < 1.29 is 5.11 Å². The summed E-state index contributed by atoms with van der Waals surface area (Å²) >= 11 is 24.6. The van der Waals surface area contributed by atoms with Gasteiger partial charge in [0.05, 0.1) is 20.1 Å². The van der Waals surface area contributed by atoms with Gasteiger partial charge in [-0.25, -0.2) is 0 Å². The molecule has 1 fully saturated rings. The van der Waals surface area contributed by atoms with Gasteiger partial charge < -0.3 is 10.8 Å². The highest BCUT2D eigenvalue weighted by atomic mass is 35.5. The molecule has 0 radical (unpaired) electrons. The zero-order valence-corrected chi connectivity index (χ0v) is 21.0. The van der Waals surface area contributed by atoms with Crippen molar-refractivity contribution in [1.82, 2.24) is 4.90 Å². The number of halogens is 4. The molecule has 0 aromatic heterocycles. The van der Waals surface area contributed by atoms with E-state index in [9.17, 15) is 0 Å². The van der Waals surface area contributed by atoms with Crippen LogP contribution < -0.4 is 5.73 Å². The number of hydrogen-bond donors (Lipinski definition) is 2. The Morgan fingerprint density at radius 2 is 1.23 bits per heavy atom. The van der Waals surface area contributed by atoms with Crippen molar-refractivity contribution >= 4 is 46.4 Å². The molecule has 2 aromatic rings. The Labute approximate surface area is 206 Å². The molecule has 172 valence electrons. The van der Waals surface area contributed by atoms with Crippen LogP contribution in [-0.4, -0.2) is 29.7 Å². The van der Waals surface area contributed by atoms with Gasteiger partial charge in [-0.15, -0.1) is 0 Å². The summed E-state index contributed by atoms with van der Waals surface area (Å²) in [4.78, 5) is 2.46. The summed E-state index contributed by atoms with van der Waals surface area (Å²) < 4.78 is 0. The number of nitrogens with zero attached hydrogens (tertiary/aromatic N) is 1. The summed E-state index contributed by atoms with van der Waals surface area (Å²) in [5.41, 5.74) is 8.17. The van der Waals surface area contributed by atoms with Crippen molar-refractivity contribution in [2.75, 3.05) is 19.7 Å². The molecule has 0 heterocycles. The number of benzene rings is 2. The van der Waals surface area contributed by atoms with E-state index in [-0.39, 0.29) is 6.61 Å². The Morgan fingerprint density at radius 1 is 0.806 bits per heavy atom. The average Bonchev–Trinajstić information content (AvgIpc) is 2.74. The summed E-state index contributed by atoms with van der Waals surface area (Å²) in [5.74, 6) is 1.38. The van der Waals surface area contributed by atoms with E-state index >= 15 is 0 Å². The van der Waals surface area contributed by atoms with Crippen LogP contribution in [0.4, 0.5) is 0 Å². The van der Waals surface area contributed by atoms with Crippen LogP contribution in [-0.2, 0) is 13.1 Å². The third kappa shape index (κ3) is 9.09. The summed E-state index contributed by atoms with van der Waals surface area (Å²) in [6, 6.07) is 11.7. The molecular formula is C24H32Cl4N2O. The van der Waals surface area contributed by atoms with E-state index in [1.54, 1.807) is 6.92 Å². The highest BCUT2D eigenvalue weighted by Crippen LogP contribution is 2.31. The van der Waals surface area contributed by atoms with E-state index < -0.39 is 0 Å². The number of nitrogens with two attached hydrogens (primary N) is 1. The van der Waals surface area contributed by atoms with Gasteiger partial charge in [0.1, 0.15) is 0 Å². The molecule has 1 saturated carbocycles.